The molecule has 19 heteroatoms. The molecular weight excluding hydrogens is 602 g/mol. The van der Waals surface area contributed by atoms with Crippen molar-refractivity contribution in [2.24, 2.45) is 38.0 Å². The van der Waals surface area contributed by atoms with Gasteiger partial charge in [0.2, 0.25) is 6.04 Å². The Hall–Kier alpha value is 0.660. The molecule has 8 unspecified atom stereocenters. The number of nitrogens with zero attached hydrogens (tertiary/aromatic N) is 5. The number of aliphatic hydroxyl groups is 1. The van der Waals surface area contributed by atoms with Gasteiger partial charge in [0.05, 0.1) is 38.8 Å². The zero-order valence-corrected chi connectivity index (χ0v) is 29.1. The third kappa shape index (κ3) is 9.82. The van der Waals surface area contributed by atoms with Crippen molar-refractivity contribution in [3.8, 4) is 0 Å². The molecule has 0 amide bonds. The third-order valence-corrected chi connectivity index (χ3v) is 10.9. The Morgan fingerprint density at radius 3 is 2.05 bits per heavy atom. The largest absolute Gasteiger partial charge is 1.00 e. The zero-order chi connectivity index (χ0) is 28.2. The van der Waals surface area contributed by atoms with Gasteiger partial charge >= 0.3 is 59.1 Å². The van der Waals surface area contributed by atoms with Crippen molar-refractivity contribution in [3.63, 3.8) is 0 Å². The van der Waals surface area contributed by atoms with E-state index >= 15 is 0 Å². The molecule has 0 aromatic carbocycles. The van der Waals surface area contributed by atoms with E-state index in [2.05, 4.69) is 29.8 Å². The van der Waals surface area contributed by atoms with Crippen LogP contribution in [0.4, 0.5) is 0 Å². The molecule has 4 aliphatic carbocycles. The van der Waals surface area contributed by atoms with Crippen LogP contribution in [0.15, 0.2) is 20.5 Å². The van der Waals surface area contributed by atoms with E-state index in [1.54, 1.807) is 0 Å². The maximum Gasteiger partial charge on any atom is 1.00 e. The van der Waals surface area contributed by atoms with Crippen molar-refractivity contribution >= 4 is 22.2 Å². The summed E-state index contributed by atoms with van der Waals surface area (Å²) in [5.41, 5.74) is 6.54. The number of nitrogens with two attached hydrogens (primary N) is 1. The third-order valence-electron chi connectivity index (χ3n) is 8.79. The second-order valence-corrected chi connectivity index (χ2v) is 13.7. The zero-order valence-electron chi connectivity index (χ0n) is 23.5. The maximum absolute atomic E-state index is 12.3. The summed E-state index contributed by atoms with van der Waals surface area (Å²) < 4.78 is 41.4. The van der Waals surface area contributed by atoms with Crippen molar-refractivity contribution in [1.82, 2.24) is 0 Å². The molecule has 0 radical (unpaired) electrons. The van der Waals surface area contributed by atoms with Crippen LogP contribution in [0.2, 0.25) is 0 Å². The summed E-state index contributed by atoms with van der Waals surface area (Å²) in [6.07, 6.45) is 5.53. The minimum absolute atomic E-state index is 0. The Bertz CT molecular complexity index is 1000. The second-order valence-electron chi connectivity index (χ2n) is 11.2. The Morgan fingerprint density at radius 2 is 1.49 bits per heavy atom. The molecule has 0 bridgehead atoms. The molecule has 3 N–H and O–H groups in total. The van der Waals surface area contributed by atoms with Crippen LogP contribution in [0.1, 0.15) is 70.6 Å². The van der Waals surface area contributed by atoms with Gasteiger partial charge in [0, 0.05) is 41.8 Å². The first-order valence-electron chi connectivity index (χ1n) is 13.5. The van der Waals surface area contributed by atoms with E-state index < -0.39 is 62.7 Å². The first kappa shape index (κ1) is 37.8. The van der Waals surface area contributed by atoms with Crippen molar-refractivity contribution in [1.29, 1.82) is 0 Å². The molecule has 4 fully saturated rings. The summed E-state index contributed by atoms with van der Waals surface area (Å²) >= 11 is 0.687. The van der Waals surface area contributed by atoms with Gasteiger partial charge in [-0.05, 0) is 44.4 Å². The second kappa shape index (κ2) is 17.4. The van der Waals surface area contributed by atoms with Gasteiger partial charge in [-0.15, -0.1) is 0 Å². The molecule has 41 heavy (non-hydrogen) atoms. The summed E-state index contributed by atoms with van der Waals surface area (Å²) in [4.78, 5) is 10.7. The minimum Gasteiger partial charge on any atom is -0.748 e. The first-order valence-corrected chi connectivity index (χ1v) is 15.8. The number of hydrogen-bond acceptors (Lipinski definition) is 15. The fourth-order valence-corrected chi connectivity index (χ4v) is 8.55. The molecule has 0 aromatic rings. The molecule has 8 atom stereocenters. The van der Waals surface area contributed by atoms with Crippen LogP contribution in [0.3, 0.4) is 0 Å². The molecule has 222 valence electrons. The van der Waals surface area contributed by atoms with Crippen LogP contribution in [0.25, 0.3) is 0 Å². The maximum atomic E-state index is 12.3. The van der Waals surface area contributed by atoms with Gasteiger partial charge in [0.25, 0.3) is 0 Å². The van der Waals surface area contributed by atoms with Crippen molar-refractivity contribution < 1.29 is 96.7 Å². The SMILES string of the molecule is NC1C(N=NC2CCC([N+](=O)[O-])CC2)C(S(=O)(=O)[O-])CC2CC(SOO[O-])C(N=NC3CCCCC3)C(O)C21.[Na+].[Na+]. The van der Waals surface area contributed by atoms with Crippen molar-refractivity contribution in [2.75, 3.05) is 0 Å². The number of azo groups is 2. The van der Waals surface area contributed by atoms with Crippen molar-refractivity contribution in [2.45, 2.75) is 123 Å². The molecule has 0 aromatic heterocycles. The molecule has 15 nitrogen and oxygen atoms in total. The predicted molar refractivity (Wildman–Crippen MR) is 134 cm³/mol. The molecule has 0 aliphatic heterocycles. The van der Waals surface area contributed by atoms with Gasteiger partial charge in [-0.3, -0.25) is 15.2 Å². The normalized spacial score (nSPS) is 38.6. The van der Waals surface area contributed by atoms with E-state index in [-0.39, 0.29) is 89.0 Å². The van der Waals surface area contributed by atoms with Gasteiger partial charge in [0.15, 0.2) is 0 Å². The van der Waals surface area contributed by atoms with E-state index in [1.165, 1.54) is 0 Å². The van der Waals surface area contributed by atoms with Crippen LogP contribution < -0.4 is 70.1 Å². The number of aliphatic hydroxyl groups excluding tert-OH is 1. The number of fused-ring (bicyclic) bond motifs is 1. The minimum atomic E-state index is -4.83. The number of nitro groups is 1. The van der Waals surface area contributed by atoms with Crippen molar-refractivity contribution in [3.05, 3.63) is 10.1 Å². The van der Waals surface area contributed by atoms with Gasteiger partial charge in [-0.25, -0.2) is 8.42 Å². The van der Waals surface area contributed by atoms with Gasteiger partial charge < -0.3 is 20.7 Å². The smallest absolute Gasteiger partial charge is 0.748 e. The Labute approximate surface area is 288 Å². The van der Waals surface area contributed by atoms with Gasteiger partial charge in [-0.1, -0.05) is 19.3 Å². The van der Waals surface area contributed by atoms with Crippen LogP contribution in [0.5, 0.6) is 0 Å². The monoisotopic (exact) mass is 638 g/mol. The summed E-state index contributed by atoms with van der Waals surface area (Å²) in [6, 6.07) is -3.93. The summed E-state index contributed by atoms with van der Waals surface area (Å²) in [5, 5.41) is 51.9. The van der Waals surface area contributed by atoms with Crippen LogP contribution in [-0.2, 0) is 19.5 Å². The van der Waals surface area contributed by atoms with E-state index in [0.717, 1.165) is 32.1 Å². The Balaban J connectivity index is 0.00000294. The van der Waals surface area contributed by atoms with Gasteiger partial charge in [0.1, 0.15) is 12.1 Å². The summed E-state index contributed by atoms with van der Waals surface area (Å²) in [5.74, 6) is -1.14. The molecule has 4 aliphatic rings. The Kier molecular flexibility index (Phi) is 16.0. The number of rotatable bonds is 9. The van der Waals surface area contributed by atoms with Gasteiger partial charge in [-0.2, -0.15) is 24.8 Å². The van der Waals surface area contributed by atoms with E-state index in [9.17, 15) is 33.4 Å². The van der Waals surface area contributed by atoms with E-state index in [0.29, 0.717) is 37.7 Å². The molecule has 0 saturated heterocycles. The molecule has 0 spiro atoms. The molecule has 4 saturated carbocycles. The standard InChI is InChI=1S/C22H38N6O9S2.2Na/c23-19-18-12(10-16(38-37-36-32)20(22(18)29)26-24-13-4-2-1-3-5-13)11-17(39(33,34)35)21(19)27-25-14-6-8-15(9-7-14)28(30)31;;/h12-22,29,32H,1-11,23H2,(H,33,34,35);;/q;2*+1/p-2. The first-order chi connectivity index (χ1) is 18.6. The number of hydrogen-bond donors (Lipinski definition) is 2. The summed E-state index contributed by atoms with van der Waals surface area (Å²) in [7, 11) is -4.83. The topological polar surface area (TPSA) is 238 Å². The average Bonchev–Trinajstić information content (AvgIpc) is 2.90. The van der Waals surface area contributed by atoms with Crippen LogP contribution in [-0.4, -0.2) is 75.9 Å². The molecular formula is C22H36N6Na2O9S2. The predicted octanol–water partition coefficient (Wildman–Crippen LogP) is -4.56. The fourth-order valence-electron chi connectivity index (χ4n) is 6.70. The van der Waals surface area contributed by atoms with E-state index in [1.807, 2.05) is 0 Å². The van der Waals surface area contributed by atoms with Crippen LogP contribution in [0, 0.1) is 22.0 Å². The summed E-state index contributed by atoms with van der Waals surface area (Å²) in [6.45, 7) is 0. The molecule has 0 heterocycles. The Morgan fingerprint density at radius 1 is 0.902 bits per heavy atom. The fraction of sp³-hybridized carbons (Fsp3) is 1.00. The average molecular weight is 639 g/mol. The molecule has 4 rings (SSSR count). The van der Waals surface area contributed by atoms with E-state index in [4.69, 9.17) is 5.73 Å². The quantitative estimate of drug-likeness (QED) is 0.0464. The van der Waals surface area contributed by atoms with Crippen LogP contribution >= 0.6 is 12.0 Å².